The summed E-state index contributed by atoms with van der Waals surface area (Å²) in [6, 6.07) is 0. The van der Waals surface area contributed by atoms with Crippen LogP contribution in [0.5, 0.6) is 0 Å². The van der Waals surface area contributed by atoms with Gasteiger partial charge in [-0.05, 0) is 34.8 Å². The van der Waals surface area contributed by atoms with Gasteiger partial charge in [0.15, 0.2) is 0 Å². The van der Waals surface area contributed by atoms with Crippen LogP contribution >= 0.6 is 0 Å². The highest BCUT2D eigenvalue weighted by molar-refractivity contribution is 5.91. The lowest BCUT2D eigenvalue weighted by Gasteiger charge is -2.07. The van der Waals surface area contributed by atoms with E-state index in [9.17, 15) is 0 Å². The molecule has 140 valence electrons. The van der Waals surface area contributed by atoms with Gasteiger partial charge in [-0.1, -0.05) is 70.2 Å². The van der Waals surface area contributed by atoms with Crippen molar-refractivity contribution in [2.45, 2.75) is 83.1 Å². The topological polar surface area (TPSA) is 24.7 Å². The number of nitrogens with zero attached hydrogens (tertiary/aromatic N) is 2. The third-order valence-corrected chi connectivity index (χ3v) is 4.38. The minimum Gasteiger partial charge on any atom is -0.265 e. The van der Waals surface area contributed by atoms with Crippen LogP contribution in [0.15, 0.2) is 33.5 Å². The molecule has 24 heavy (non-hydrogen) atoms. The Morgan fingerprint density at radius 1 is 0.583 bits per heavy atom. The van der Waals surface area contributed by atoms with Crippen LogP contribution < -0.4 is 0 Å². The molecular formula is C22H42N2. The Morgan fingerprint density at radius 2 is 0.875 bits per heavy atom. The van der Waals surface area contributed by atoms with E-state index in [0.29, 0.717) is 23.7 Å². The molecule has 2 heteroatoms. The zero-order valence-corrected chi connectivity index (χ0v) is 15.8. The van der Waals surface area contributed by atoms with Crippen molar-refractivity contribution in [3.05, 3.63) is 23.5 Å². The van der Waals surface area contributed by atoms with Gasteiger partial charge in [-0.2, -0.15) is 0 Å². The van der Waals surface area contributed by atoms with Crippen molar-refractivity contribution in [3.63, 3.8) is 0 Å². The first-order chi connectivity index (χ1) is 10.2. The fourth-order valence-electron chi connectivity index (χ4n) is 2.35. The van der Waals surface area contributed by atoms with E-state index >= 15 is 0 Å². The Hall–Kier alpha value is -1.18. The molecule has 2 heterocycles. The number of hydrogen-bond donors (Lipinski definition) is 0. The van der Waals surface area contributed by atoms with E-state index in [4.69, 9.17) is 0 Å². The maximum atomic E-state index is 4.39. The minimum absolute atomic E-state index is 0. The standard InChI is InChI=1S/2C10H17N.2CH4/c2*1-7(2)9-5-10(8(3)4)11-6-9;;/h2*6-8H,5H2,1-4H3;2*1H4. The summed E-state index contributed by atoms with van der Waals surface area (Å²) in [6.07, 6.45) is 6.30. The summed E-state index contributed by atoms with van der Waals surface area (Å²) in [7, 11) is 0. The van der Waals surface area contributed by atoms with Gasteiger partial charge in [-0.25, -0.2) is 0 Å². The Morgan fingerprint density at radius 3 is 1.00 bits per heavy atom. The number of rotatable bonds is 4. The average molecular weight is 335 g/mol. The maximum absolute atomic E-state index is 4.39. The lowest BCUT2D eigenvalue weighted by atomic mass is 9.96. The summed E-state index contributed by atoms with van der Waals surface area (Å²) < 4.78 is 0. The summed E-state index contributed by atoms with van der Waals surface area (Å²) in [6.45, 7) is 17.7. The van der Waals surface area contributed by atoms with Crippen LogP contribution in [-0.4, -0.2) is 11.4 Å². The van der Waals surface area contributed by atoms with Crippen molar-refractivity contribution in [1.82, 2.24) is 0 Å². The van der Waals surface area contributed by atoms with Crippen LogP contribution in [0.25, 0.3) is 0 Å². The molecule has 2 aliphatic heterocycles. The molecule has 0 aromatic carbocycles. The van der Waals surface area contributed by atoms with E-state index in [2.05, 4.69) is 65.4 Å². The predicted octanol–water partition coefficient (Wildman–Crippen LogP) is 7.33. The van der Waals surface area contributed by atoms with Gasteiger partial charge in [0.05, 0.1) is 0 Å². The molecule has 0 amide bonds. The van der Waals surface area contributed by atoms with Gasteiger partial charge in [0, 0.05) is 36.7 Å². The molecule has 2 aliphatic rings. The van der Waals surface area contributed by atoms with E-state index in [0.717, 1.165) is 12.8 Å². The number of allylic oxidation sites excluding steroid dienone is 2. The Bertz CT molecular complexity index is 396. The van der Waals surface area contributed by atoms with E-state index in [1.807, 2.05) is 12.4 Å². The molecule has 0 saturated carbocycles. The minimum atomic E-state index is 0. The summed E-state index contributed by atoms with van der Waals surface area (Å²) in [4.78, 5) is 8.78. The molecule has 0 saturated heterocycles. The average Bonchev–Trinajstić information content (AvgIpc) is 3.09. The van der Waals surface area contributed by atoms with Gasteiger partial charge in [0.2, 0.25) is 0 Å². The lowest BCUT2D eigenvalue weighted by molar-refractivity contribution is 0.749. The molecule has 0 N–H and O–H groups in total. The van der Waals surface area contributed by atoms with Gasteiger partial charge < -0.3 is 0 Å². The molecule has 0 spiro atoms. The van der Waals surface area contributed by atoms with Crippen molar-refractivity contribution in [2.75, 3.05) is 0 Å². The van der Waals surface area contributed by atoms with Crippen LogP contribution in [0.2, 0.25) is 0 Å². The van der Waals surface area contributed by atoms with Gasteiger partial charge in [-0.15, -0.1) is 0 Å². The molecule has 0 bridgehead atoms. The summed E-state index contributed by atoms with van der Waals surface area (Å²) in [5.74, 6) is 2.55. The molecular weight excluding hydrogens is 292 g/mol. The summed E-state index contributed by atoms with van der Waals surface area (Å²) >= 11 is 0. The lowest BCUT2D eigenvalue weighted by Crippen LogP contribution is -2.06. The first kappa shape index (κ1) is 25.1. The van der Waals surface area contributed by atoms with E-state index in [1.165, 1.54) is 22.6 Å². The zero-order valence-electron chi connectivity index (χ0n) is 15.8. The summed E-state index contributed by atoms with van der Waals surface area (Å²) in [5, 5.41) is 0. The van der Waals surface area contributed by atoms with Crippen molar-refractivity contribution < 1.29 is 0 Å². The Labute approximate surface area is 152 Å². The van der Waals surface area contributed by atoms with Crippen molar-refractivity contribution >= 4 is 11.4 Å². The second kappa shape index (κ2) is 11.4. The molecule has 0 fully saturated rings. The number of aliphatic imine (C=N–C) groups is 2. The van der Waals surface area contributed by atoms with Gasteiger partial charge >= 0.3 is 0 Å². The van der Waals surface area contributed by atoms with E-state index in [-0.39, 0.29) is 14.9 Å². The van der Waals surface area contributed by atoms with Crippen LogP contribution in [0.1, 0.15) is 83.1 Å². The van der Waals surface area contributed by atoms with Crippen LogP contribution in [0.3, 0.4) is 0 Å². The van der Waals surface area contributed by atoms with Gasteiger partial charge in [0.1, 0.15) is 0 Å². The smallest absolute Gasteiger partial charge is 0.0265 e. The van der Waals surface area contributed by atoms with E-state index in [1.54, 1.807) is 0 Å². The maximum Gasteiger partial charge on any atom is 0.0265 e. The highest BCUT2D eigenvalue weighted by Crippen LogP contribution is 2.23. The fraction of sp³-hybridized carbons (Fsp3) is 0.727. The summed E-state index contributed by atoms with van der Waals surface area (Å²) in [5.41, 5.74) is 5.64. The second-order valence-corrected chi connectivity index (χ2v) is 7.62. The highest BCUT2D eigenvalue weighted by atomic mass is 14.7. The molecule has 0 atom stereocenters. The molecule has 0 radical (unpaired) electrons. The highest BCUT2D eigenvalue weighted by Gasteiger charge is 2.15. The first-order valence-corrected chi connectivity index (χ1v) is 8.73. The molecule has 2 rings (SSSR count). The van der Waals surface area contributed by atoms with Crippen molar-refractivity contribution in [2.24, 2.45) is 33.7 Å². The van der Waals surface area contributed by atoms with Gasteiger partial charge in [0.25, 0.3) is 0 Å². The fourth-order valence-corrected chi connectivity index (χ4v) is 2.35. The third kappa shape index (κ3) is 7.59. The molecule has 0 aliphatic carbocycles. The van der Waals surface area contributed by atoms with Crippen LogP contribution in [0, 0.1) is 23.7 Å². The van der Waals surface area contributed by atoms with Crippen LogP contribution in [-0.2, 0) is 0 Å². The SMILES string of the molecule is C.C.CC(C)C1=CN=C(C(C)C)C1.CC(C)C1=CN=C(C(C)C)C1. The van der Waals surface area contributed by atoms with Gasteiger partial charge in [-0.3, -0.25) is 9.98 Å². The first-order valence-electron chi connectivity index (χ1n) is 8.73. The quantitative estimate of drug-likeness (QED) is 0.514. The van der Waals surface area contributed by atoms with E-state index < -0.39 is 0 Å². The Balaban J connectivity index is 0. The third-order valence-electron chi connectivity index (χ3n) is 4.38. The molecule has 0 aromatic heterocycles. The largest absolute Gasteiger partial charge is 0.265 e. The molecule has 2 nitrogen and oxygen atoms in total. The molecule has 0 aromatic rings. The second-order valence-electron chi connectivity index (χ2n) is 7.62. The van der Waals surface area contributed by atoms with Crippen molar-refractivity contribution in [1.29, 1.82) is 0 Å². The normalized spacial score (nSPS) is 16.2. The van der Waals surface area contributed by atoms with Crippen LogP contribution in [0.4, 0.5) is 0 Å². The Kier molecular flexibility index (Phi) is 11.9. The number of hydrogen-bond acceptors (Lipinski definition) is 2. The monoisotopic (exact) mass is 334 g/mol. The predicted molar refractivity (Wildman–Crippen MR) is 113 cm³/mol. The molecule has 0 unspecified atom stereocenters. The zero-order chi connectivity index (χ0) is 16.9. The van der Waals surface area contributed by atoms with Crippen molar-refractivity contribution in [3.8, 4) is 0 Å².